The topological polar surface area (TPSA) is 37.4 Å². The third-order valence-corrected chi connectivity index (χ3v) is 4.85. The number of ketones is 2. The first kappa shape index (κ1) is 15.1. The Morgan fingerprint density at radius 1 is 0.950 bits per heavy atom. The van der Waals surface area contributed by atoms with E-state index < -0.39 is 0 Å². The van der Waals surface area contributed by atoms with E-state index in [4.69, 9.17) is 0 Å². The molecule has 20 heavy (non-hydrogen) atoms. The molecule has 2 aromatic rings. The van der Waals surface area contributed by atoms with Gasteiger partial charge in [-0.05, 0) is 29.9 Å². The van der Waals surface area contributed by atoms with E-state index in [0.717, 1.165) is 9.75 Å². The summed E-state index contributed by atoms with van der Waals surface area (Å²) in [7, 11) is 1.95. The molecule has 2 heterocycles. The van der Waals surface area contributed by atoms with Gasteiger partial charge in [0.2, 0.25) is 0 Å². The molecule has 2 aromatic heterocycles. The van der Waals surface area contributed by atoms with Crippen molar-refractivity contribution >= 4 is 34.2 Å². The third-order valence-electron chi connectivity index (χ3n) is 3.03. The van der Waals surface area contributed by atoms with E-state index in [9.17, 15) is 9.59 Å². The van der Waals surface area contributed by atoms with Crippen LogP contribution in [-0.2, 0) is 0 Å². The van der Waals surface area contributed by atoms with E-state index in [0.29, 0.717) is 25.9 Å². The van der Waals surface area contributed by atoms with E-state index in [-0.39, 0.29) is 11.6 Å². The SMILES string of the molecule is CN(CCC(=O)c1cccs1)CCC(=O)c1cccs1. The smallest absolute Gasteiger partial charge is 0.174 e. The molecule has 0 bridgehead atoms. The molecule has 0 atom stereocenters. The molecule has 3 nitrogen and oxygen atoms in total. The van der Waals surface area contributed by atoms with E-state index >= 15 is 0 Å². The molecule has 0 amide bonds. The first-order chi connectivity index (χ1) is 9.66. The number of Topliss-reactive ketones (excluding diaryl/α,β-unsaturated/α-hetero) is 2. The van der Waals surface area contributed by atoms with Crippen molar-refractivity contribution in [2.75, 3.05) is 20.1 Å². The molecule has 0 N–H and O–H groups in total. The zero-order chi connectivity index (χ0) is 14.4. The summed E-state index contributed by atoms with van der Waals surface area (Å²) in [5.41, 5.74) is 0. The van der Waals surface area contributed by atoms with Crippen LogP contribution in [0.2, 0.25) is 0 Å². The van der Waals surface area contributed by atoms with Gasteiger partial charge in [-0.1, -0.05) is 12.1 Å². The summed E-state index contributed by atoms with van der Waals surface area (Å²) >= 11 is 2.96. The summed E-state index contributed by atoms with van der Waals surface area (Å²) in [6.07, 6.45) is 1.01. The molecule has 0 spiro atoms. The van der Waals surface area contributed by atoms with Crippen molar-refractivity contribution in [3.63, 3.8) is 0 Å². The minimum absolute atomic E-state index is 0.177. The third kappa shape index (κ3) is 4.37. The molecule has 2 rings (SSSR count). The van der Waals surface area contributed by atoms with Crippen molar-refractivity contribution in [3.05, 3.63) is 44.8 Å². The first-order valence-electron chi connectivity index (χ1n) is 6.49. The van der Waals surface area contributed by atoms with Gasteiger partial charge in [0, 0.05) is 25.9 Å². The largest absolute Gasteiger partial charge is 0.305 e. The molecule has 0 aliphatic carbocycles. The Balaban J connectivity index is 1.69. The zero-order valence-electron chi connectivity index (χ0n) is 11.4. The van der Waals surface area contributed by atoms with Crippen LogP contribution >= 0.6 is 22.7 Å². The highest BCUT2D eigenvalue weighted by atomic mass is 32.1. The average molecular weight is 307 g/mol. The summed E-state index contributed by atoms with van der Waals surface area (Å²) in [6, 6.07) is 7.49. The van der Waals surface area contributed by atoms with Crippen LogP contribution in [0.25, 0.3) is 0 Å². The molecule has 5 heteroatoms. The summed E-state index contributed by atoms with van der Waals surface area (Å²) < 4.78 is 0. The Hall–Kier alpha value is -1.30. The number of rotatable bonds is 8. The lowest BCUT2D eigenvalue weighted by molar-refractivity contribution is 0.0960. The van der Waals surface area contributed by atoms with Crippen LogP contribution in [0.3, 0.4) is 0 Å². The van der Waals surface area contributed by atoms with Gasteiger partial charge in [0.05, 0.1) is 9.75 Å². The van der Waals surface area contributed by atoms with Gasteiger partial charge in [0.1, 0.15) is 0 Å². The Bertz CT molecular complexity index is 496. The van der Waals surface area contributed by atoms with Crippen molar-refractivity contribution < 1.29 is 9.59 Å². The van der Waals surface area contributed by atoms with E-state index in [1.807, 2.05) is 47.0 Å². The fraction of sp³-hybridized carbons (Fsp3) is 0.333. The number of hydrogen-bond donors (Lipinski definition) is 0. The van der Waals surface area contributed by atoms with Gasteiger partial charge < -0.3 is 4.90 Å². The van der Waals surface area contributed by atoms with Gasteiger partial charge in [0.25, 0.3) is 0 Å². The molecule has 0 radical (unpaired) electrons. The van der Waals surface area contributed by atoms with Crippen molar-refractivity contribution in [3.8, 4) is 0 Å². The highest BCUT2D eigenvalue weighted by Crippen LogP contribution is 2.13. The first-order valence-corrected chi connectivity index (χ1v) is 8.24. The number of hydrogen-bond acceptors (Lipinski definition) is 5. The molecule has 0 aliphatic heterocycles. The van der Waals surface area contributed by atoms with E-state index in [1.54, 1.807) is 0 Å². The summed E-state index contributed by atoms with van der Waals surface area (Å²) in [5.74, 6) is 0.355. The number of carbonyl (C=O) groups excluding carboxylic acids is 2. The Kier molecular flexibility index (Phi) is 5.64. The van der Waals surface area contributed by atoms with Gasteiger partial charge in [-0.15, -0.1) is 22.7 Å². The minimum Gasteiger partial charge on any atom is -0.305 e. The Morgan fingerprint density at radius 3 is 1.75 bits per heavy atom. The normalized spacial score (nSPS) is 10.9. The van der Waals surface area contributed by atoms with E-state index in [1.165, 1.54) is 22.7 Å². The predicted molar refractivity (Wildman–Crippen MR) is 84.0 cm³/mol. The highest BCUT2D eigenvalue weighted by molar-refractivity contribution is 7.12. The molecule has 0 aromatic carbocycles. The van der Waals surface area contributed by atoms with Gasteiger partial charge in [-0.2, -0.15) is 0 Å². The number of thiophene rings is 2. The lowest BCUT2D eigenvalue weighted by Gasteiger charge is -2.14. The monoisotopic (exact) mass is 307 g/mol. The van der Waals surface area contributed by atoms with Crippen LogP contribution in [0.4, 0.5) is 0 Å². The number of nitrogens with zero attached hydrogens (tertiary/aromatic N) is 1. The zero-order valence-corrected chi connectivity index (χ0v) is 13.0. The van der Waals surface area contributed by atoms with Gasteiger partial charge >= 0.3 is 0 Å². The van der Waals surface area contributed by atoms with Crippen LogP contribution in [0.15, 0.2) is 35.0 Å². The van der Waals surface area contributed by atoms with Crippen molar-refractivity contribution in [2.45, 2.75) is 12.8 Å². The highest BCUT2D eigenvalue weighted by Gasteiger charge is 2.11. The predicted octanol–water partition coefficient (Wildman–Crippen LogP) is 3.59. The van der Waals surface area contributed by atoms with Crippen molar-refractivity contribution in [1.29, 1.82) is 0 Å². The minimum atomic E-state index is 0.177. The fourth-order valence-corrected chi connectivity index (χ4v) is 3.21. The van der Waals surface area contributed by atoms with Gasteiger partial charge in [-0.3, -0.25) is 9.59 Å². The van der Waals surface area contributed by atoms with Crippen molar-refractivity contribution in [1.82, 2.24) is 4.90 Å². The van der Waals surface area contributed by atoms with E-state index in [2.05, 4.69) is 0 Å². The van der Waals surface area contributed by atoms with Crippen molar-refractivity contribution in [2.24, 2.45) is 0 Å². The maximum Gasteiger partial charge on any atom is 0.174 e. The summed E-state index contributed by atoms with van der Waals surface area (Å²) in [6.45, 7) is 1.38. The maximum absolute atomic E-state index is 11.9. The van der Waals surface area contributed by atoms with Crippen LogP contribution < -0.4 is 0 Å². The quantitative estimate of drug-likeness (QED) is 0.699. The number of carbonyl (C=O) groups is 2. The second kappa shape index (κ2) is 7.47. The molecule has 0 unspecified atom stereocenters. The Morgan fingerprint density at radius 2 is 1.40 bits per heavy atom. The average Bonchev–Trinajstić information content (AvgIpc) is 3.14. The van der Waals surface area contributed by atoms with Crippen LogP contribution in [0, 0.1) is 0 Å². The van der Waals surface area contributed by atoms with Crippen LogP contribution in [0.5, 0.6) is 0 Å². The lowest BCUT2D eigenvalue weighted by atomic mass is 10.2. The Labute approximate surface area is 126 Å². The van der Waals surface area contributed by atoms with Gasteiger partial charge in [-0.25, -0.2) is 0 Å². The molecule has 0 aliphatic rings. The van der Waals surface area contributed by atoms with Crippen LogP contribution in [-0.4, -0.2) is 36.6 Å². The second-order valence-corrected chi connectivity index (χ2v) is 6.50. The molecular weight excluding hydrogens is 290 g/mol. The molecule has 0 fully saturated rings. The fourth-order valence-electron chi connectivity index (χ4n) is 1.82. The molecular formula is C15H17NO2S2. The molecule has 0 saturated heterocycles. The standard InChI is InChI=1S/C15H17NO2S2/c1-16(8-6-12(17)14-4-2-10-19-14)9-7-13(18)15-5-3-11-20-15/h2-5,10-11H,6-9H2,1H3. The lowest BCUT2D eigenvalue weighted by Crippen LogP contribution is -2.24. The summed E-state index contributed by atoms with van der Waals surface area (Å²) in [4.78, 5) is 27.4. The molecule has 0 saturated carbocycles. The summed E-state index contributed by atoms with van der Waals surface area (Å²) in [5, 5.41) is 3.83. The van der Waals surface area contributed by atoms with Gasteiger partial charge in [0.15, 0.2) is 11.6 Å². The second-order valence-electron chi connectivity index (χ2n) is 4.60. The van der Waals surface area contributed by atoms with Crippen LogP contribution in [0.1, 0.15) is 32.2 Å². The molecule has 106 valence electrons. The maximum atomic E-state index is 11.9.